The second kappa shape index (κ2) is 5.38. The molecule has 1 saturated heterocycles. The van der Waals surface area contributed by atoms with E-state index in [1.165, 1.54) is 12.1 Å². The Balaban J connectivity index is 2.28. The normalized spacial score (nSPS) is 20.7. The molecule has 1 unspecified atom stereocenters. The van der Waals surface area contributed by atoms with Crippen LogP contribution in [0.3, 0.4) is 0 Å². The third-order valence-corrected chi connectivity index (χ3v) is 3.22. The molecule has 2 rings (SSSR count). The summed E-state index contributed by atoms with van der Waals surface area (Å²) in [5.74, 6) is 0. The highest BCUT2D eigenvalue weighted by Gasteiger charge is 2.33. The molecule has 1 aromatic rings. The van der Waals surface area contributed by atoms with E-state index in [4.69, 9.17) is 10.5 Å². The zero-order chi connectivity index (χ0) is 14.0. The summed E-state index contributed by atoms with van der Waals surface area (Å²) in [6.45, 7) is 3.76. The second-order valence-corrected chi connectivity index (χ2v) is 4.67. The minimum atomic E-state index is -4.36. The number of nitrogens with zero attached hydrogens (tertiary/aromatic N) is 1. The average Bonchev–Trinajstić information content (AvgIpc) is 2.37. The van der Waals surface area contributed by atoms with Crippen molar-refractivity contribution in [3.05, 3.63) is 29.3 Å². The summed E-state index contributed by atoms with van der Waals surface area (Å²) in [4.78, 5) is 2.02. The molecule has 0 bridgehead atoms. The first-order valence-electron chi connectivity index (χ1n) is 6.18. The van der Waals surface area contributed by atoms with Crippen molar-refractivity contribution in [2.75, 3.05) is 24.6 Å². The van der Waals surface area contributed by atoms with Crippen molar-refractivity contribution >= 4 is 5.69 Å². The highest BCUT2D eigenvalue weighted by atomic mass is 19.4. The summed E-state index contributed by atoms with van der Waals surface area (Å²) >= 11 is 0. The van der Waals surface area contributed by atoms with Gasteiger partial charge in [0, 0.05) is 25.3 Å². The number of hydrogen-bond donors (Lipinski definition) is 1. The van der Waals surface area contributed by atoms with Crippen LogP contribution in [0.1, 0.15) is 18.1 Å². The molecule has 1 aromatic carbocycles. The molecule has 3 nitrogen and oxygen atoms in total. The molecule has 106 valence electrons. The molecule has 0 radical (unpaired) electrons. The van der Waals surface area contributed by atoms with E-state index in [0.717, 1.165) is 11.8 Å². The maximum atomic E-state index is 12.8. The molecule has 1 aliphatic heterocycles. The number of benzene rings is 1. The highest BCUT2D eigenvalue weighted by Crippen LogP contribution is 2.34. The second-order valence-electron chi connectivity index (χ2n) is 4.67. The van der Waals surface area contributed by atoms with Gasteiger partial charge < -0.3 is 15.4 Å². The van der Waals surface area contributed by atoms with Gasteiger partial charge in [-0.25, -0.2) is 0 Å². The molecule has 0 saturated carbocycles. The monoisotopic (exact) mass is 274 g/mol. The highest BCUT2D eigenvalue weighted by molar-refractivity contribution is 5.52. The zero-order valence-corrected chi connectivity index (χ0v) is 10.7. The third kappa shape index (κ3) is 3.19. The Bertz CT molecular complexity index is 448. The van der Waals surface area contributed by atoms with E-state index in [9.17, 15) is 13.2 Å². The van der Waals surface area contributed by atoms with Gasteiger partial charge in [-0.3, -0.25) is 0 Å². The third-order valence-electron chi connectivity index (χ3n) is 3.22. The van der Waals surface area contributed by atoms with Crippen LogP contribution < -0.4 is 10.6 Å². The van der Waals surface area contributed by atoms with Crippen LogP contribution in [-0.2, 0) is 17.5 Å². The summed E-state index contributed by atoms with van der Waals surface area (Å²) in [6.07, 6.45) is -4.27. The molecular formula is C13H17F3N2O. The largest absolute Gasteiger partial charge is 0.416 e. The van der Waals surface area contributed by atoms with E-state index in [0.29, 0.717) is 19.7 Å². The van der Waals surface area contributed by atoms with Gasteiger partial charge in [0.05, 0.1) is 18.3 Å². The molecule has 0 aromatic heterocycles. The van der Waals surface area contributed by atoms with Gasteiger partial charge in [-0.05, 0) is 30.7 Å². The van der Waals surface area contributed by atoms with Gasteiger partial charge in [0.1, 0.15) is 0 Å². The van der Waals surface area contributed by atoms with Crippen molar-refractivity contribution in [2.45, 2.75) is 25.7 Å². The molecule has 6 heteroatoms. The van der Waals surface area contributed by atoms with Crippen LogP contribution in [0.4, 0.5) is 18.9 Å². The summed E-state index contributed by atoms with van der Waals surface area (Å²) < 4.78 is 43.8. The number of morpholine rings is 1. The summed E-state index contributed by atoms with van der Waals surface area (Å²) in [7, 11) is 0. The number of rotatable bonds is 2. The Morgan fingerprint density at radius 3 is 2.74 bits per heavy atom. The number of anilines is 1. The number of alkyl halides is 3. The lowest BCUT2D eigenvalue weighted by atomic mass is 10.1. The Kier molecular flexibility index (Phi) is 4.01. The molecular weight excluding hydrogens is 257 g/mol. The number of nitrogens with two attached hydrogens (primary N) is 1. The van der Waals surface area contributed by atoms with Crippen molar-refractivity contribution in [3.8, 4) is 0 Å². The van der Waals surface area contributed by atoms with Gasteiger partial charge in [-0.15, -0.1) is 0 Å². The van der Waals surface area contributed by atoms with E-state index in [-0.39, 0.29) is 18.2 Å². The molecule has 0 spiro atoms. The molecule has 1 aliphatic rings. The fourth-order valence-electron chi connectivity index (χ4n) is 2.28. The summed E-state index contributed by atoms with van der Waals surface area (Å²) in [6, 6.07) is 4.14. The van der Waals surface area contributed by atoms with Crippen molar-refractivity contribution in [2.24, 2.45) is 5.73 Å². The van der Waals surface area contributed by atoms with Crippen LogP contribution in [0.15, 0.2) is 18.2 Å². The van der Waals surface area contributed by atoms with E-state index >= 15 is 0 Å². The first-order chi connectivity index (χ1) is 8.91. The van der Waals surface area contributed by atoms with E-state index in [1.807, 2.05) is 11.8 Å². The standard InChI is InChI=1S/C13H17F3N2O/c1-9-8-18(4-5-19-9)11-2-3-12(13(14,15)16)10(6-11)7-17/h2-3,6,9H,4-5,7-8,17H2,1H3. The summed E-state index contributed by atoms with van der Waals surface area (Å²) in [5.41, 5.74) is 5.67. The van der Waals surface area contributed by atoms with E-state index in [1.54, 1.807) is 0 Å². The lowest BCUT2D eigenvalue weighted by Crippen LogP contribution is -2.41. The smallest absolute Gasteiger partial charge is 0.375 e. The quantitative estimate of drug-likeness (QED) is 0.900. The maximum Gasteiger partial charge on any atom is 0.416 e. The lowest BCUT2D eigenvalue weighted by molar-refractivity contribution is -0.138. The van der Waals surface area contributed by atoms with E-state index in [2.05, 4.69) is 0 Å². The molecule has 1 atom stereocenters. The van der Waals surface area contributed by atoms with Gasteiger partial charge in [0.25, 0.3) is 0 Å². The minimum Gasteiger partial charge on any atom is -0.375 e. The van der Waals surface area contributed by atoms with E-state index < -0.39 is 11.7 Å². The Morgan fingerprint density at radius 1 is 1.42 bits per heavy atom. The van der Waals surface area contributed by atoms with Crippen molar-refractivity contribution < 1.29 is 17.9 Å². The number of ether oxygens (including phenoxy) is 1. The van der Waals surface area contributed by atoms with Crippen LogP contribution in [0.5, 0.6) is 0 Å². The molecule has 0 amide bonds. The van der Waals surface area contributed by atoms with Gasteiger partial charge in [0.2, 0.25) is 0 Å². The van der Waals surface area contributed by atoms with Crippen molar-refractivity contribution in [1.29, 1.82) is 0 Å². The fraction of sp³-hybridized carbons (Fsp3) is 0.538. The molecule has 2 N–H and O–H groups in total. The van der Waals surface area contributed by atoms with Crippen LogP contribution >= 0.6 is 0 Å². The predicted octanol–water partition coefficient (Wildman–Crippen LogP) is 2.39. The fourth-order valence-corrected chi connectivity index (χ4v) is 2.28. The maximum absolute atomic E-state index is 12.8. The SMILES string of the molecule is CC1CN(c2ccc(C(F)(F)F)c(CN)c2)CCO1. The van der Waals surface area contributed by atoms with Crippen LogP contribution in [0.25, 0.3) is 0 Å². The minimum absolute atomic E-state index is 0.0809. The topological polar surface area (TPSA) is 38.5 Å². The van der Waals surface area contributed by atoms with Crippen LogP contribution in [-0.4, -0.2) is 25.8 Å². The van der Waals surface area contributed by atoms with Crippen molar-refractivity contribution in [1.82, 2.24) is 0 Å². The predicted molar refractivity (Wildman–Crippen MR) is 67.0 cm³/mol. The van der Waals surface area contributed by atoms with Crippen molar-refractivity contribution in [3.63, 3.8) is 0 Å². The molecule has 1 heterocycles. The van der Waals surface area contributed by atoms with Gasteiger partial charge in [-0.2, -0.15) is 13.2 Å². The lowest BCUT2D eigenvalue weighted by Gasteiger charge is -2.33. The summed E-state index contributed by atoms with van der Waals surface area (Å²) in [5, 5.41) is 0. The first kappa shape index (κ1) is 14.1. The van der Waals surface area contributed by atoms with Crippen LogP contribution in [0, 0.1) is 0 Å². The number of hydrogen-bond acceptors (Lipinski definition) is 3. The Labute approximate surface area is 110 Å². The molecule has 19 heavy (non-hydrogen) atoms. The molecule has 1 fully saturated rings. The first-order valence-corrected chi connectivity index (χ1v) is 6.18. The molecule has 0 aliphatic carbocycles. The number of halogens is 3. The zero-order valence-electron chi connectivity index (χ0n) is 10.7. The Morgan fingerprint density at radius 2 is 2.16 bits per heavy atom. The average molecular weight is 274 g/mol. The van der Waals surface area contributed by atoms with Crippen LogP contribution in [0.2, 0.25) is 0 Å². The van der Waals surface area contributed by atoms with Gasteiger partial charge in [-0.1, -0.05) is 0 Å². The van der Waals surface area contributed by atoms with Gasteiger partial charge in [0.15, 0.2) is 0 Å². The van der Waals surface area contributed by atoms with Gasteiger partial charge >= 0.3 is 6.18 Å². The Hall–Kier alpha value is -1.27.